The minimum atomic E-state index is -1.23. The predicted octanol–water partition coefficient (Wildman–Crippen LogP) is 1.38. The molecule has 0 saturated heterocycles. The van der Waals surface area contributed by atoms with Crippen LogP contribution in [-0.4, -0.2) is 17.5 Å². The Kier molecular flexibility index (Phi) is 4.09. The van der Waals surface area contributed by atoms with Crippen molar-refractivity contribution >= 4 is 17.5 Å². The van der Waals surface area contributed by atoms with Crippen LogP contribution in [0.15, 0.2) is 61.2 Å². The molecule has 1 aliphatic carbocycles. The van der Waals surface area contributed by atoms with Crippen molar-refractivity contribution in [3.63, 3.8) is 0 Å². The van der Waals surface area contributed by atoms with E-state index < -0.39 is 5.97 Å². The lowest BCUT2D eigenvalue weighted by Gasteiger charge is -2.16. The van der Waals surface area contributed by atoms with Crippen molar-refractivity contribution in [2.24, 2.45) is 0 Å². The van der Waals surface area contributed by atoms with E-state index in [9.17, 15) is 9.59 Å². The summed E-state index contributed by atoms with van der Waals surface area (Å²) in [6.07, 6.45) is 0.722. The van der Waals surface area contributed by atoms with Gasteiger partial charge in [0.25, 0.3) is 0 Å². The Balaban J connectivity index is 0.000000282. The third-order valence-electron chi connectivity index (χ3n) is 3.00. The van der Waals surface area contributed by atoms with E-state index >= 15 is 0 Å². The van der Waals surface area contributed by atoms with Crippen LogP contribution < -0.4 is 5.11 Å². The standard InChI is InChI=1S/C14H8O2.C3H4O2/c15-13-9-5-1-2-6-10(9)14(16)12-8-4-3-7-11(12)13;1-2-3(4)5/h1-8H;2H,1H2,(H,4,5)/p-1. The number of benzene rings is 2. The van der Waals surface area contributed by atoms with Crippen LogP contribution >= 0.6 is 0 Å². The zero-order valence-electron chi connectivity index (χ0n) is 11.0. The second-order valence-electron chi connectivity index (χ2n) is 4.27. The third-order valence-corrected chi connectivity index (χ3v) is 3.00. The molecule has 2 aromatic carbocycles. The van der Waals surface area contributed by atoms with Gasteiger partial charge in [0.05, 0.1) is 5.97 Å². The molecule has 1 aliphatic rings. The fourth-order valence-corrected chi connectivity index (χ4v) is 2.05. The third kappa shape index (κ3) is 2.79. The number of hydrogen-bond donors (Lipinski definition) is 0. The first kappa shape index (κ1) is 14.4. The Bertz CT molecular complexity index is 638. The first-order valence-electron chi connectivity index (χ1n) is 6.17. The average Bonchev–Trinajstić information content (AvgIpc) is 2.53. The van der Waals surface area contributed by atoms with Crippen molar-refractivity contribution in [2.75, 3.05) is 0 Å². The predicted molar refractivity (Wildman–Crippen MR) is 75.0 cm³/mol. The molecule has 0 amide bonds. The largest absolute Gasteiger partial charge is 0.545 e. The Morgan fingerprint density at radius 1 is 0.810 bits per heavy atom. The summed E-state index contributed by atoms with van der Waals surface area (Å²) in [4.78, 5) is 33.3. The number of carbonyl (C=O) groups excluding carboxylic acids is 3. The highest BCUT2D eigenvalue weighted by Crippen LogP contribution is 2.26. The highest BCUT2D eigenvalue weighted by molar-refractivity contribution is 6.28. The minimum absolute atomic E-state index is 0.0641. The van der Waals surface area contributed by atoms with Crippen molar-refractivity contribution in [3.8, 4) is 0 Å². The lowest BCUT2D eigenvalue weighted by molar-refractivity contribution is -0.297. The molecule has 0 aromatic heterocycles. The van der Waals surface area contributed by atoms with E-state index in [-0.39, 0.29) is 11.6 Å². The molecule has 0 radical (unpaired) electrons. The molecule has 2 aromatic rings. The van der Waals surface area contributed by atoms with Crippen LogP contribution in [0.5, 0.6) is 0 Å². The summed E-state index contributed by atoms with van der Waals surface area (Å²) < 4.78 is 0. The van der Waals surface area contributed by atoms with Gasteiger partial charge in [0.2, 0.25) is 0 Å². The number of carboxylic acid groups (broad SMARTS) is 1. The van der Waals surface area contributed by atoms with Gasteiger partial charge in [0.1, 0.15) is 0 Å². The van der Waals surface area contributed by atoms with Crippen LogP contribution in [0.1, 0.15) is 31.8 Å². The summed E-state index contributed by atoms with van der Waals surface area (Å²) in [5.41, 5.74) is 2.02. The van der Waals surface area contributed by atoms with Gasteiger partial charge in [0, 0.05) is 22.3 Å². The number of aliphatic carboxylic acids is 1. The molecule has 0 fully saturated rings. The molecule has 104 valence electrons. The van der Waals surface area contributed by atoms with Gasteiger partial charge in [-0.15, -0.1) is 0 Å². The van der Waals surface area contributed by atoms with Gasteiger partial charge in [-0.3, -0.25) is 9.59 Å². The number of fused-ring (bicyclic) bond motifs is 2. The van der Waals surface area contributed by atoms with Gasteiger partial charge >= 0.3 is 0 Å². The minimum Gasteiger partial charge on any atom is -0.545 e. The highest BCUT2D eigenvalue weighted by Gasteiger charge is 2.28. The SMILES string of the molecule is C=CC(=O)[O-].O=C1c2ccccc2C(=O)c2ccccc21. The molecule has 0 atom stereocenters. The molecular weight excluding hydrogens is 268 g/mol. The molecule has 4 nitrogen and oxygen atoms in total. The van der Waals surface area contributed by atoms with Crippen molar-refractivity contribution in [2.45, 2.75) is 0 Å². The summed E-state index contributed by atoms with van der Waals surface area (Å²) >= 11 is 0. The quantitative estimate of drug-likeness (QED) is 0.631. The zero-order valence-corrected chi connectivity index (χ0v) is 11.0. The lowest BCUT2D eigenvalue weighted by Crippen LogP contribution is -2.20. The number of ketones is 2. The first-order valence-corrected chi connectivity index (χ1v) is 6.17. The van der Waals surface area contributed by atoms with Crippen molar-refractivity contribution in [1.82, 2.24) is 0 Å². The van der Waals surface area contributed by atoms with E-state index in [1.54, 1.807) is 48.5 Å². The Morgan fingerprint density at radius 2 is 1.05 bits per heavy atom. The van der Waals surface area contributed by atoms with Crippen LogP contribution in [-0.2, 0) is 4.79 Å². The zero-order chi connectivity index (χ0) is 15.4. The molecule has 0 saturated carbocycles. The second-order valence-corrected chi connectivity index (χ2v) is 4.27. The Hall–Kier alpha value is -3.01. The van der Waals surface area contributed by atoms with E-state index in [0.29, 0.717) is 22.3 Å². The molecule has 0 spiro atoms. The van der Waals surface area contributed by atoms with E-state index in [1.807, 2.05) is 0 Å². The van der Waals surface area contributed by atoms with Crippen LogP contribution in [0.4, 0.5) is 0 Å². The molecule has 0 bridgehead atoms. The van der Waals surface area contributed by atoms with Gasteiger partial charge < -0.3 is 9.90 Å². The maximum Gasteiger partial charge on any atom is 0.194 e. The molecule has 0 aliphatic heterocycles. The maximum atomic E-state index is 12.1. The van der Waals surface area contributed by atoms with Crippen molar-refractivity contribution in [3.05, 3.63) is 83.4 Å². The van der Waals surface area contributed by atoms with Gasteiger partial charge in [0.15, 0.2) is 11.6 Å². The molecule has 4 heteroatoms. The van der Waals surface area contributed by atoms with E-state index in [4.69, 9.17) is 9.90 Å². The fourth-order valence-electron chi connectivity index (χ4n) is 2.05. The van der Waals surface area contributed by atoms with Gasteiger partial charge in [-0.25, -0.2) is 0 Å². The monoisotopic (exact) mass is 279 g/mol. The van der Waals surface area contributed by atoms with E-state index in [2.05, 4.69) is 6.58 Å². The van der Waals surface area contributed by atoms with E-state index in [0.717, 1.165) is 6.08 Å². The van der Waals surface area contributed by atoms with Crippen LogP contribution in [0, 0.1) is 0 Å². The summed E-state index contributed by atoms with van der Waals surface area (Å²) in [6.45, 7) is 2.90. The average molecular weight is 279 g/mol. The molecule has 0 N–H and O–H groups in total. The lowest BCUT2D eigenvalue weighted by atomic mass is 9.84. The summed E-state index contributed by atoms with van der Waals surface area (Å²) in [5, 5.41) is 9.14. The molecular formula is C17H11O4-. The van der Waals surface area contributed by atoms with Crippen molar-refractivity contribution < 1.29 is 19.5 Å². The van der Waals surface area contributed by atoms with Gasteiger partial charge in [-0.2, -0.15) is 0 Å². The van der Waals surface area contributed by atoms with Crippen LogP contribution in [0.25, 0.3) is 0 Å². The molecule has 21 heavy (non-hydrogen) atoms. The number of rotatable bonds is 1. The first-order chi connectivity index (χ1) is 10.1. The molecule has 0 heterocycles. The summed E-state index contributed by atoms with van der Waals surface area (Å²) in [6, 6.07) is 13.9. The molecule has 3 rings (SSSR count). The number of carboxylic acids is 1. The second kappa shape index (κ2) is 5.96. The van der Waals surface area contributed by atoms with Crippen LogP contribution in [0.2, 0.25) is 0 Å². The number of carbonyl (C=O) groups is 3. The number of hydrogen-bond acceptors (Lipinski definition) is 4. The smallest absolute Gasteiger partial charge is 0.194 e. The maximum absolute atomic E-state index is 12.1. The normalized spacial score (nSPS) is 11.6. The summed E-state index contributed by atoms with van der Waals surface area (Å²) in [7, 11) is 0. The fraction of sp³-hybridized carbons (Fsp3) is 0. The summed E-state index contributed by atoms with van der Waals surface area (Å²) in [5.74, 6) is -1.36. The van der Waals surface area contributed by atoms with Crippen LogP contribution in [0.3, 0.4) is 0 Å². The van der Waals surface area contributed by atoms with Gasteiger partial charge in [-0.1, -0.05) is 55.1 Å². The Labute approximate surface area is 121 Å². The van der Waals surface area contributed by atoms with E-state index in [1.165, 1.54) is 0 Å². The highest BCUT2D eigenvalue weighted by atomic mass is 16.4. The van der Waals surface area contributed by atoms with Crippen molar-refractivity contribution in [1.29, 1.82) is 0 Å². The topological polar surface area (TPSA) is 74.3 Å². The van der Waals surface area contributed by atoms with Gasteiger partial charge in [-0.05, 0) is 6.08 Å². The Morgan fingerprint density at radius 3 is 1.24 bits per heavy atom. The molecule has 0 unspecified atom stereocenters.